The standard InChI is InChI=1S/C35H43IO8/c1-37-16-17-38-18-19-39-20-21-40-22-23-41-24-25-42-26-27-43-28-29-44-35-14-6-31(7-15-35)3-2-30-4-8-32(9-5-30)33-10-12-34(36)13-11-33/h4-15H,16-29H2,1H3. The first-order valence-electron chi connectivity index (χ1n) is 14.8. The molecule has 0 fully saturated rings. The number of hydrogen-bond acceptors (Lipinski definition) is 8. The van der Waals surface area contributed by atoms with Crippen molar-refractivity contribution in [2.45, 2.75) is 0 Å². The van der Waals surface area contributed by atoms with Crippen LogP contribution in [0.1, 0.15) is 11.1 Å². The summed E-state index contributed by atoms with van der Waals surface area (Å²) in [7, 11) is 1.65. The maximum absolute atomic E-state index is 5.76. The van der Waals surface area contributed by atoms with E-state index in [-0.39, 0.29) is 0 Å². The van der Waals surface area contributed by atoms with Crippen molar-refractivity contribution in [1.82, 2.24) is 0 Å². The molecule has 3 aromatic carbocycles. The molecule has 8 nitrogen and oxygen atoms in total. The van der Waals surface area contributed by atoms with Gasteiger partial charge in [-0.2, -0.15) is 0 Å². The van der Waals surface area contributed by atoms with Gasteiger partial charge in [-0.25, -0.2) is 0 Å². The number of rotatable bonds is 23. The van der Waals surface area contributed by atoms with Gasteiger partial charge in [0.25, 0.3) is 0 Å². The molecule has 238 valence electrons. The van der Waals surface area contributed by atoms with Gasteiger partial charge in [-0.15, -0.1) is 0 Å². The van der Waals surface area contributed by atoms with Crippen molar-refractivity contribution >= 4 is 22.6 Å². The predicted molar refractivity (Wildman–Crippen MR) is 179 cm³/mol. The van der Waals surface area contributed by atoms with Gasteiger partial charge in [-0.05, 0) is 82.2 Å². The molecule has 0 amide bonds. The largest absolute Gasteiger partial charge is 0.491 e. The Hall–Kier alpha value is -2.53. The molecule has 0 aliphatic heterocycles. The molecule has 0 unspecified atom stereocenters. The highest BCUT2D eigenvalue weighted by Crippen LogP contribution is 2.21. The van der Waals surface area contributed by atoms with Crippen molar-refractivity contribution in [2.24, 2.45) is 0 Å². The zero-order chi connectivity index (χ0) is 30.9. The highest BCUT2D eigenvalue weighted by Gasteiger charge is 1.99. The lowest BCUT2D eigenvalue weighted by Gasteiger charge is -2.09. The Kier molecular flexibility index (Phi) is 19.4. The molecule has 0 N–H and O–H groups in total. The minimum absolute atomic E-state index is 0.467. The van der Waals surface area contributed by atoms with Crippen molar-refractivity contribution in [3.63, 3.8) is 0 Å². The summed E-state index contributed by atoms with van der Waals surface area (Å²) in [4.78, 5) is 0. The van der Waals surface area contributed by atoms with Crippen LogP contribution in [0.25, 0.3) is 11.1 Å². The first-order chi connectivity index (χ1) is 21.7. The average molecular weight is 719 g/mol. The third-order valence-corrected chi connectivity index (χ3v) is 6.78. The summed E-state index contributed by atoms with van der Waals surface area (Å²) in [6.07, 6.45) is 0. The normalized spacial score (nSPS) is 10.9. The van der Waals surface area contributed by atoms with Gasteiger partial charge in [0.2, 0.25) is 0 Å². The Morgan fingerprint density at radius 2 is 0.773 bits per heavy atom. The van der Waals surface area contributed by atoms with Crippen molar-refractivity contribution in [3.05, 3.63) is 87.5 Å². The van der Waals surface area contributed by atoms with Crippen LogP contribution in [0.4, 0.5) is 0 Å². The summed E-state index contributed by atoms with van der Waals surface area (Å²) < 4.78 is 44.6. The maximum atomic E-state index is 5.76. The van der Waals surface area contributed by atoms with Gasteiger partial charge in [0, 0.05) is 21.8 Å². The molecule has 0 bridgehead atoms. The van der Waals surface area contributed by atoms with E-state index in [1.54, 1.807) is 7.11 Å². The van der Waals surface area contributed by atoms with Crippen LogP contribution in [-0.2, 0) is 33.2 Å². The fourth-order valence-electron chi connectivity index (χ4n) is 3.73. The molecule has 0 aliphatic rings. The monoisotopic (exact) mass is 718 g/mol. The predicted octanol–water partition coefficient (Wildman–Crippen LogP) is 5.48. The quantitative estimate of drug-likeness (QED) is 0.0726. The van der Waals surface area contributed by atoms with E-state index in [9.17, 15) is 0 Å². The summed E-state index contributed by atoms with van der Waals surface area (Å²) >= 11 is 2.32. The minimum atomic E-state index is 0.467. The third kappa shape index (κ3) is 16.5. The van der Waals surface area contributed by atoms with E-state index in [0.717, 1.165) is 16.9 Å². The molecule has 0 saturated heterocycles. The van der Waals surface area contributed by atoms with Gasteiger partial charge in [0.1, 0.15) is 12.4 Å². The maximum Gasteiger partial charge on any atom is 0.119 e. The number of hydrogen-bond donors (Lipinski definition) is 0. The highest BCUT2D eigenvalue weighted by molar-refractivity contribution is 14.1. The molecule has 0 radical (unpaired) electrons. The van der Waals surface area contributed by atoms with Crippen LogP contribution in [-0.4, -0.2) is 99.6 Å². The van der Waals surface area contributed by atoms with Crippen LogP contribution < -0.4 is 4.74 Å². The Morgan fingerprint density at radius 3 is 1.18 bits per heavy atom. The summed E-state index contributed by atoms with van der Waals surface area (Å²) in [6.45, 7) is 7.40. The van der Waals surface area contributed by atoms with E-state index in [2.05, 4.69) is 83.0 Å². The third-order valence-electron chi connectivity index (χ3n) is 6.06. The van der Waals surface area contributed by atoms with Crippen molar-refractivity contribution in [1.29, 1.82) is 0 Å². The van der Waals surface area contributed by atoms with E-state index >= 15 is 0 Å². The molecular weight excluding hydrogens is 675 g/mol. The summed E-state index contributed by atoms with van der Waals surface area (Å²) in [5.74, 6) is 7.23. The van der Waals surface area contributed by atoms with E-state index in [0.29, 0.717) is 92.5 Å². The molecule has 9 heteroatoms. The Bertz CT molecular complexity index is 1190. The van der Waals surface area contributed by atoms with Crippen LogP contribution in [0.3, 0.4) is 0 Å². The summed E-state index contributed by atoms with van der Waals surface area (Å²) in [6, 6.07) is 24.6. The number of methoxy groups -OCH3 is 1. The van der Waals surface area contributed by atoms with Crippen LogP contribution in [0.2, 0.25) is 0 Å². The van der Waals surface area contributed by atoms with Crippen LogP contribution in [0, 0.1) is 15.4 Å². The van der Waals surface area contributed by atoms with E-state index in [4.69, 9.17) is 37.9 Å². The van der Waals surface area contributed by atoms with Gasteiger partial charge < -0.3 is 37.9 Å². The second-order valence-corrected chi connectivity index (χ2v) is 10.6. The first kappa shape index (κ1) is 35.9. The molecular formula is C35H43IO8. The first-order valence-corrected chi connectivity index (χ1v) is 15.9. The fourth-order valence-corrected chi connectivity index (χ4v) is 4.09. The Labute approximate surface area is 275 Å². The van der Waals surface area contributed by atoms with Gasteiger partial charge >= 0.3 is 0 Å². The van der Waals surface area contributed by atoms with E-state index < -0.39 is 0 Å². The Balaban J connectivity index is 1.12. The molecule has 0 aliphatic carbocycles. The molecule has 0 atom stereocenters. The number of benzene rings is 3. The summed E-state index contributed by atoms with van der Waals surface area (Å²) in [5, 5.41) is 0. The van der Waals surface area contributed by atoms with E-state index in [1.165, 1.54) is 14.7 Å². The zero-order valence-corrected chi connectivity index (χ0v) is 27.6. The van der Waals surface area contributed by atoms with Gasteiger partial charge in [-0.3, -0.25) is 0 Å². The minimum Gasteiger partial charge on any atom is -0.491 e. The second kappa shape index (κ2) is 23.8. The second-order valence-electron chi connectivity index (χ2n) is 9.37. The lowest BCUT2D eigenvalue weighted by Crippen LogP contribution is -2.15. The fraction of sp³-hybridized carbons (Fsp3) is 0.429. The highest BCUT2D eigenvalue weighted by atomic mass is 127. The molecule has 0 heterocycles. The lowest BCUT2D eigenvalue weighted by atomic mass is 10.0. The van der Waals surface area contributed by atoms with Crippen molar-refractivity contribution < 1.29 is 37.9 Å². The molecule has 0 saturated carbocycles. The van der Waals surface area contributed by atoms with Gasteiger partial charge in [0.05, 0.1) is 85.9 Å². The topological polar surface area (TPSA) is 73.8 Å². The molecule has 3 rings (SSSR count). The molecule has 0 aromatic heterocycles. The van der Waals surface area contributed by atoms with Crippen LogP contribution >= 0.6 is 22.6 Å². The van der Waals surface area contributed by atoms with Crippen LogP contribution in [0.5, 0.6) is 5.75 Å². The Morgan fingerprint density at radius 1 is 0.432 bits per heavy atom. The number of halogens is 1. The molecule has 44 heavy (non-hydrogen) atoms. The van der Waals surface area contributed by atoms with Gasteiger partial charge in [0.15, 0.2) is 0 Å². The number of ether oxygens (including phenoxy) is 8. The van der Waals surface area contributed by atoms with Crippen LogP contribution in [0.15, 0.2) is 72.8 Å². The van der Waals surface area contributed by atoms with Crippen molar-refractivity contribution in [3.8, 4) is 28.7 Å². The zero-order valence-electron chi connectivity index (χ0n) is 25.5. The molecule has 0 spiro atoms. The average Bonchev–Trinajstić information content (AvgIpc) is 3.05. The summed E-state index contributed by atoms with van der Waals surface area (Å²) in [5.41, 5.74) is 4.30. The smallest absolute Gasteiger partial charge is 0.119 e. The molecule has 3 aromatic rings. The van der Waals surface area contributed by atoms with Crippen molar-refractivity contribution in [2.75, 3.05) is 99.6 Å². The van der Waals surface area contributed by atoms with E-state index in [1.807, 2.05) is 24.3 Å². The lowest BCUT2D eigenvalue weighted by molar-refractivity contribution is -0.0199. The SMILES string of the molecule is COCCOCCOCCOCCOCCOCCOCCOc1ccc(C#Cc2ccc(-c3ccc(I)cc3)cc2)cc1. The van der Waals surface area contributed by atoms with Gasteiger partial charge in [-0.1, -0.05) is 36.1 Å².